The molecule has 0 saturated carbocycles. The molecule has 1 aromatic carbocycles. The number of rotatable bonds is 1. The van der Waals surface area contributed by atoms with Gasteiger partial charge in [-0.1, -0.05) is 0 Å². The molecule has 1 aromatic heterocycles. The second kappa shape index (κ2) is 3.97. The van der Waals surface area contributed by atoms with Crippen LogP contribution in [0.4, 0.5) is 13.2 Å². The number of pyridine rings is 1. The van der Waals surface area contributed by atoms with Gasteiger partial charge in [0.2, 0.25) is 0 Å². The predicted molar refractivity (Wildman–Crippen MR) is 58.4 cm³/mol. The van der Waals surface area contributed by atoms with Crippen LogP contribution in [0.3, 0.4) is 0 Å². The highest BCUT2D eigenvalue weighted by Gasteiger charge is 2.30. The normalized spacial score (nSPS) is 11.8. The van der Waals surface area contributed by atoms with E-state index in [0.717, 1.165) is 18.3 Å². The first-order valence-corrected chi connectivity index (χ1v) is 5.00. The Balaban J connectivity index is 2.75. The van der Waals surface area contributed by atoms with Crippen LogP contribution in [0.25, 0.3) is 10.9 Å². The number of alkyl halides is 3. The first-order valence-electron chi connectivity index (χ1n) is 5.00. The molecule has 2 rings (SSSR count). The zero-order valence-corrected chi connectivity index (χ0v) is 9.25. The Labute approximate surface area is 99.9 Å². The van der Waals surface area contributed by atoms with E-state index in [9.17, 15) is 18.0 Å². The second-order valence-corrected chi connectivity index (χ2v) is 3.83. The Morgan fingerprint density at radius 3 is 2.56 bits per heavy atom. The van der Waals surface area contributed by atoms with Crippen molar-refractivity contribution < 1.29 is 23.1 Å². The molecular formula is C12H8F3NO2. The van der Waals surface area contributed by atoms with Crippen LogP contribution in [-0.2, 0) is 6.18 Å². The number of benzene rings is 1. The highest BCUT2D eigenvalue weighted by atomic mass is 19.4. The summed E-state index contributed by atoms with van der Waals surface area (Å²) in [4.78, 5) is 14.7. The molecule has 0 saturated heterocycles. The van der Waals surface area contributed by atoms with E-state index in [-0.39, 0.29) is 16.5 Å². The standard InChI is InChI=1S/C12H8F3NO2/c1-6-8-4-7(12(13,14)15)2-3-10(8)16-5-9(6)11(17)18/h2-5H,1H3,(H,17,18). The third-order valence-electron chi connectivity index (χ3n) is 2.70. The Hall–Kier alpha value is -2.11. The fraction of sp³-hybridized carbons (Fsp3) is 0.167. The third-order valence-corrected chi connectivity index (χ3v) is 2.70. The van der Waals surface area contributed by atoms with Crippen LogP contribution < -0.4 is 0 Å². The van der Waals surface area contributed by atoms with Gasteiger partial charge < -0.3 is 5.11 Å². The first-order chi connectivity index (χ1) is 8.30. The number of hydrogen-bond donors (Lipinski definition) is 1. The van der Waals surface area contributed by atoms with E-state index in [1.54, 1.807) is 0 Å². The lowest BCUT2D eigenvalue weighted by molar-refractivity contribution is -0.137. The van der Waals surface area contributed by atoms with Crippen molar-refractivity contribution in [2.24, 2.45) is 0 Å². The highest BCUT2D eigenvalue weighted by Crippen LogP contribution is 2.32. The van der Waals surface area contributed by atoms with Crippen molar-refractivity contribution in [3.05, 3.63) is 41.1 Å². The average molecular weight is 255 g/mol. The van der Waals surface area contributed by atoms with Crippen LogP contribution in [0.1, 0.15) is 21.5 Å². The van der Waals surface area contributed by atoms with E-state index in [1.807, 2.05) is 0 Å². The van der Waals surface area contributed by atoms with Crippen LogP contribution in [0.15, 0.2) is 24.4 Å². The third kappa shape index (κ3) is 2.01. The van der Waals surface area contributed by atoms with Crippen LogP contribution in [0.2, 0.25) is 0 Å². The molecule has 1 heterocycles. The zero-order valence-electron chi connectivity index (χ0n) is 9.25. The smallest absolute Gasteiger partial charge is 0.416 e. The van der Waals surface area contributed by atoms with Crippen LogP contribution in [0, 0.1) is 6.92 Å². The van der Waals surface area contributed by atoms with Gasteiger partial charge in [0, 0.05) is 11.6 Å². The molecule has 1 N–H and O–H groups in total. The number of aryl methyl sites for hydroxylation is 1. The Bertz CT molecular complexity index is 635. The molecule has 0 aliphatic rings. The molecule has 6 heteroatoms. The summed E-state index contributed by atoms with van der Waals surface area (Å²) < 4.78 is 37.7. The van der Waals surface area contributed by atoms with Crippen molar-refractivity contribution in [2.45, 2.75) is 13.1 Å². The molecule has 3 nitrogen and oxygen atoms in total. The summed E-state index contributed by atoms with van der Waals surface area (Å²) in [5, 5.41) is 9.09. The summed E-state index contributed by atoms with van der Waals surface area (Å²) >= 11 is 0. The second-order valence-electron chi connectivity index (χ2n) is 3.83. The monoisotopic (exact) mass is 255 g/mol. The Kier molecular flexibility index (Phi) is 2.73. The van der Waals surface area contributed by atoms with E-state index < -0.39 is 17.7 Å². The fourth-order valence-electron chi connectivity index (χ4n) is 1.72. The summed E-state index contributed by atoms with van der Waals surface area (Å²) in [5.74, 6) is -1.21. The number of nitrogens with zero attached hydrogens (tertiary/aromatic N) is 1. The van der Waals surface area contributed by atoms with Gasteiger partial charge in [-0.05, 0) is 30.7 Å². The maximum Gasteiger partial charge on any atom is 0.416 e. The van der Waals surface area contributed by atoms with Gasteiger partial charge in [0.1, 0.15) is 0 Å². The number of carboxylic acid groups (broad SMARTS) is 1. The van der Waals surface area contributed by atoms with Crippen LogP contribution in [0.5, 0.6) is 0 Å². The maximum absolute atomic E-state index is 12.6. The summed E-state index contributed by atoms with van der Waals surface area (Å²) in [6, 6.07) is 3.08. The summed E-state index contributed by atoms with van der Waals surface area (Å²) in [7, 11) is 0. The lowest BCUT2D eigenvalue weighted by Gasteiger charge is -2.10. The molecule has 18 heavy (non-hydrogen) atoms. The molecule has 0 atom stereocenters. The SMILES string of the molecule is Cc1c(C(=O)O)cnc2ccc(C(F)(F)F)cc12. The topological polar surface area (TPSA) is 50.2 Å². The molecule has 0 aliphatic carbocycles. The van der Waals surface area contributed by atoms with Gasteiger partial charge in [0.25, 0.3) is 0 Å². The van der Waals surface area contributed by atoms with Gasteiger partial charge in [0.15, 0.2) is 0 Å². The lowest BCUT2D eigenvalue weighted by atomic mass is 10.0. The molecule has 0 bridgehead atoms. The number of hydrogen-bond acceptors (Lipinski definition) is 2. The molecule has 0 amide bonds. The molecule has 0 fully saturated rings. The molecule has 0 radical (unpaired) electrons. The number of aromatic nitrogens is 1. The van der Waals surface area contributed by atoms with Gasteiger partial charge >= 0.3 is 12.1 Å². The Morgan fingerprint density at radius 2 is 2.00 bits per heavy atom. The minimum Gasteiger partial charge on any atom is -0.478 e. The Morgan fingerprint density at radius 1 is 1.33 bits per heavy atom. The minimum absolute atomic E-state index is 0.0955. The lowest BCUT2D eigenvalue weighted by Crippen LogP contribution is -2.06. The van der Waals surface area contributed by atoms with Crippen molar-refractivity contribution >= 4 is 16.9 Å². The van der Waals surface area contributed by atoms with Crippen molar-refractivity contribution in [3.8, 4) is 0 Å². The molecule has 0 spiro atoms. The van der Waals surface area contributed by atoms with Gasteiger partial charge in [-0.15, -0.1) is 0 Å². The van der Waals surface area contributed by atoms with Crippen LogP contribution >= 0.6 is 0 Å². The highest BCUT2D eigenvalue weighted by molar-refractivity contribution is 5.95. The van der Waals surface area contributed by atoms with E-state index in [4.69, 9.17) is 5.11 Å². The minimum atomic E-state index is -4.46. The zero-order chi connectivity index (χ0) is 13.5. The van der Waals surface area contributed by atoms with E-state index >= 15 is 0 Å². The molecule has 2 aromatic rings. The maximum atomic E-state index is 12.6. The van der Waals surface area contributed by atoms with E-state index in [0.29, 0.717) is 5.52 Å². The number of fused-ring (bicyclic) bond motifs is 1. The summed E-state index contributed by atoms with van der Waals surface area (Å²) in [6.45, 7) is 1.47. The molecule has 0 aliphatic heterocycles. The quantitative estimate of drug-likeness (QED) is 0.850. The summed E-state index contributed by atoms with van der Waals surface area (Å²) in [6.07, 6.45) is -3.31. The molecular weight excluding hydrogens is 247 g/mol. The van der Waals surface area contributed by atoms with Gasteiger partial charge in [-0.25, -0.2) is 4.79 Å². The van der Waals surface area contributed by atoms with Crippen molar-refractivity contribution in [2.75, 3.05) is 0 Å². The van der Waals surface area contributed by atoms with Crippen LogP contribution in [-0.4, -0.2) is 16.1 Å². The van der Waals surface area contributed by atoms with Crippen molar-refractivity contribution in [3.63, 3.8) is 0 Å². The van der Waals surface area contributed by atoms with Crippen molar-refractivity contribution in [1.29, 1.82) is 0 Å². The molecule has 94 valence electrons. The predicted octanol–water partition coefficient (Wildman–Crippen LogP) is 3.26. The van der Waals surface area contributed by atoms with E-state index in [2.05, 4.69) is 4.98 Å². The number of aromatic carboxylic acids is 1. The first kappa shape index (κ1) is 12.3. The van der Waals surface area contributed by atoms with Gasteiger partial charge in [0.05, 0.1) is 16.6 Å². The summed E-state index contributed by atoms with van der Waals surface area (Å²) in [5.41, 5.74) is -0.298. The number of carboxylic acids is 1. The number of carbonyl (C=O) groups is 1. The van der Waals surface area contributed by atoms with Gasteiger partial charge in [-0.3, -0.25) is 4.98 Å². The average Bonchev–Trinajstić information content (AvgIpc) is 2.27. The molecule has 0 unspecified atom stereocenters. The van der Waals surface area contributed by atoms with Gasteiger partial charge in [-0.2, -0.15) is 13.2 Å². The number of halogens is 3. The largest absolute Gasteiger partial charge is 0.478 e. The fourth-order valence-corrected chi connectivity index (χ4v) is 1.72. The van der Waals surface area contributed by atoms with E-state index in [1.165, 1.54) is 13.0 Å². The van der Waals surface area contributed by atoms with Crippen molar-refractivity contribution in [1.82, 2.24) is 4.98 Å².